The zero-order chi connectivity index (χ0) is 14.2. The van der Waals surface area contributed by atoms with Crippen molar-refractivity contribution in [1.29, 1.82) is 0 Å². The first-order valence-electron chi connectivity index (χ1n) is 5.50. The maximum atomic E-state index is 11.4. The van der Waals surface area contributed by atoms with E-state index >= 15 is 0 Å². The maximum Gasteiger partial charge on any atom is 0.329 e. The van der Waals surface area contributed by atoms with E-state index in [0.29, 0.717) is 6.42 Å². The molecule has 9 nitrogen and oxygen atoms in total. The van der Waals surface area contributed by atoms with Crippen LogP contribution >= 0.6 is 0 Å². The van der Waals surface area contributed by atoms with Crippen molar-refractivity contribution < 1.29 is 13.3 Å². The minimum Gasteiger partial charge on any atom is -0.368 e. The van der Waals surface area contributed by atoms with Gasteiger partial charge in [-0.15, -0.1) is 0 Å². The molecule has 1 atom stereocenters. The summed E-state index contributed by atoms with van der Waals surface area (Å²) >= 11 is 0. The normalized spacial score (nSPS) is 21.2. The third-order valence-electron chi connectivity index (χ3n) is 3.06. The average molecular weight is 287 g/mol. The summed E-state index contributed by atoms with van der Waals surface area (Å²) in [7, 11) is -1.51. The molecular weight excluding hydrogens is 274 g/mol. The second kappa shape index (κ2) is 4.61. The highest BCUT2D eigenvalue weighted by atomic mass is 32.2. The number of nitrogens with zero attached hydrogens (tertiary/aromatic N) is 4. The molecule has 0 bridgehead atoms. The van der Waals surface area contributed by atoms with Gasteiger partial charge in [-0.1, -0.05) is 0 Å². The van der Waals surface area contributed by atoms with Gasteiger partial charge in [-0.05, 0) is 6.42 Å². The summed E-state index contributed by atoms with van der Waals surface area (Å²) in [6, 6.07) is -0.335. The highest BCUT2D eigenvalue weighted by Gasteiger charge is 2.34. The molecule has 1 aliphatic heterocycles. The molecule has 0 saturated carbocycles. The van der Waals surface area contributed by atoms with Crippen molar-refractivity contribution >= 4 is 27.3 Å². The maximum absolute atomic E-state index is 11.4. The molecule has 1 saturated heterocycles. The van der Waals surface area contributed by atoms with Gasteiger partial charge in [0.25, 0.3) is 0 Å². The Hall–Kier alpha value is -1.97. The number of rotatable bonds is 3. The van der Waals surface area contributed by atoms with E-state index in [1.807, 2.05) is 0 Å². The summed E-state index contributed by atoms with van der Waals surface area (Å²) in [5.41, 5.74) is 5.14. The summed E-state index contributed by atoms with van der Waals surface area (Å²) in [6.07, 6.45) is 1.44. The van der Waals surface area contributed by atoms with Crippen LogP contribution in [-0.2, 0) is 9.84 Å². The quantitative estimate of drug-likeness (QED) is 0.586. The molecule has 0 aliphatic carbocycles. The van der Waals surface area contributed by atoms with Crippen LogP contribution in [0.2, 0.25) is 0 Å². The van der Waals surface area contributed by atoms with Gasteiger partial charge in [0.1, 0.15) is 6.20 Å². The first-order chi connectivity index (χ1) is 8.80. The summed E-state index contributed by atoms with van der Waals surface area (Å²) in [5.74, 6) is -0.00565. The number of aromatic nitrogens is 2. The number of sulfone groups is 1. The Balaban J connectivity index is 2.36. The molecule has 2 N–H and O–H groups in total. The van der Waals surface area contributed by atoms with Gasteiger partial charge in [0.05, 0.1) is 16.4 Å². The van der Waals surface area contributed by atoms with Crippen LogP contribution in [0.1, 0.15) is 6.42 Å². The number of nitro groups is 1. The van der Waals surface area contributed by atoms with Crippen molar-refractivity contribution in [2.24, 2.45) is 0 Å². The van der Waals surface area contributed by atoms with E-state index in [9.17, 15) is 18.5 Å². The van der Waals surface area contributed by atoms with E-state index in [1.54, 1.807) is 7.05 Å². The molecule has 2 heterocycles. The fourth-order valence-electron chi connectivity index (χ4n) is 2.02. The molecule has 1 aromatic rings. The lowest BCUT2D eigenvalue weighted by Crippen LogP contribution is -2.33. The number of nitrogen functional groups attached to an aromatic ring is 1. The lowest BCUT2D eigenvalue weighted by atomic mass is 10.2. The van der Waals surface area contributed by atoms with Crippen molar-refractivity contribution in [3.05, 3.63) is 16.3 Å². The van der Waals surface area contributed by atoms with E-state index in [4.69, 9.17) is 5.73 Å². The Morgan fingerprint density at radius 2 is 2.26 bits per heavy atom. The van der Waals surface area contributed by atoms with Gasteiger partial charge >= 0.3 is 5.69 Å². The van der Waals surface area contributed by atoms with Crippen molar-refractivity contribution in [3.63, 3.8) is 0 Å². The highest BCUT2D eigenvalue weighted by Crippen LogP contribution is 2.29. The van der Waals surface area contributed by atoms with Gasteiger partial charge in [0.15, 0.2) is 9.84 Å². The fourth-order valence-corrected chi connectivity index (χ4v) is 3.80. The van der Waals surface area contributed by atoms with E-state index in [2.05, 4.69) is 9.97 Å². The molecule has 1 fully saturated rings. The van der Waals surface area contributed by atoms with E-state index in [-0.39, 0.29) is 35.0 Å². The lowest BCUT2D eigenvalue weighted by Gasteiger charge is -2.23. The molecule has 0 aromatic carbocycles. The average Bonchev–Trinajstić information content (AvgIpc) is 2.68. The highest BCUT2D eigenvalue weighted by molar-refractivity contribution is 7.91. The monoisotopic (exact) mass is 287 g/mol. The topological polar surface area (TPSA) is 132 Å². The predicted octanol–water partition coefficient (Wildman–Crippen LogP) is -0.410. The van der Waals surface area contributed by atoms with Crippen LogP contribution in [0.3, 0.4) is 0 Å². The van der Waals surface area contributed by atoms with Crippen molar-refractivity contribution in [3.8, 4) is 0 Å². The summed E-state index contributed by atoms with van der Waals surface area (Å²) < 4.78 is 22.9. The van der Waals surface area contributed by atoms with Gasteiger partial charge in [0, 0.05) is 13.1 Å². The van der Waals surface area contributed by atoms with Crippen LogP contribution in [0.25, 0.3) is 0 Å². The van der Waals surface area contributed by atoms with Gasteiger partial charge in [0.2, 0.25) is 11.8 Å². The van der Waals surface area contributed by atoms with Crippen molar-refractivity contribution in [2.75, 3.05) is 29.2 Å². The Morgan fingerprint density at radius 1 is 1.58 bits per heavy atom. The van der Waals surface area contributed by atoms with Crippen molar-refractivity contribution in [1.82, 2.24) is 9.97 Å². The molecule has 1 aromatic heterocycles. The van der Waals surface area contributed by atoms with Crippen LogP contribution in [0.5, 0.6) is 0 Å². The Morgan fingerprint density at radius 3 is 2.79 bits per heavy atom. The Kier molecular flexibility index (Phi) is 3.27. The molecule has 19 heavy (non-hydrogen) atoms. The van der Waals surface area contributed by atoms with E-state index < -0.39 is 14.8 Å². The smallest absolute Gasteiger partial charge is 0.329 e. The first kappa shape index (κ1) is 13.5. The second-order valence-corrected chi connectivity index (χ2v) is 6.59. The third kappa shape index (κ3) is 2.72. The summed E-state index contributed by atoms with van der Waals surface area (Å²) in [4.78, 5) is 19.2. The van der Waals surface area contributed by atoms with Crippen LogP contribution in [0, 0.1) is 10.1 Å². The minimum absolute atomic E-state index is 0.0371. The molecule has 104 valence electrons. The SMILES string of the molecule is CN(c1nc(N)ncc1[N+](=O)[O-])[C@@H]1CCS(=O)(=O)C1. The fraction of sp³-hybridized carbons (Fsp3) is 0.556. The van der Waals surface area contributed by atoms with Gasteiger partial charge in [-0.25, -0.2) is 13.4 Å². The number of hydrogen-bond donors (Lipinski definition) is 1. The largest absolute Gasteiger partial charge is 0.368 e. The third-order valence-corrected chi connectivity index (χ3v) is 4.81. The first-order valence-corrected chi connectivity index (χ1v) is 7.32. The van der Waals surface area contributed by atoms with Crippen LogP contribution in [0.4, 0.5) is 17.5 Å². The Bertz CT molecular complexity index is 617. The van der Waals surface area contributed by atoms with E-state index in [1.165, 1.54) is 4.90 Å². The molecule has 0 spiro atoms. The van der Waals surface area contributed by atoms with Crippen LogP contribution in [0.15, 0.2) is 6.20 Å². The zero-order valence-corrected chi connectivity index (χ0v) is 11.0. The molecule has 0 radical (unpaired) electrons. The number of anilines is 2. The molecule has 1 aliphatic rings. The number of hydrogen-bond acceptors (Lipinski definition) is 8. The van der Waals surface area contributed by atoms with Gasteiger partial charge in [-0.3, -0.25) is 10.1 Å². The Labute approximate surface area is 109 Å². The molecule has 0 amide bonds. The standard InChI is InChI=1S/C9H13N5O4S/c1-13(6-2-3-19(17,18)5-6)8-7(14(15)16)4-11-9(10)12-8/h4,6H,2-3,5H2,1H3,(H2,10,11,12)/t6-/m1/s1. The number of nitrogens with two attached hydrogens (primary N) is 1. The summed E-state index contributed by atoms with van der Waals surface area (Å²) in [5, 5.41) is 10.9. The van der Waals surface area contributed by atoms with E-state index in [0.717, 1.165) is 6.20 Å². The lowest BCUT2D eigenvalue weighted by molar-refractivity contribution is -0.384. The molecule has 2 rings (SSSR count). The van der Waals surface area contributed by atoms with Crippen LogP contribution in [-0.4, -0.2) is 47.9 Å². The molecule has 10 heteroatoms. The van der Waals surface area contributed by atoms with Gasteiger partial charge in [-0.2, -0.15) is 4.98 Å². The molecular formula is C9H13N5O4S. The predicted molar refractivity (Wildman–Crippen MR) is 68.6 cm³/mol. The molecule has 0 unspecified atom stereocenters. The van der Waals surface area contributed by atoms with Gasteiger partial charge < -0.3 is 10.6 Å². The summed E-state index contributed by atoms with van der Waals surface area (Å²) in [6.45, 7) is 0. The minimum atomic E-state index is -3.08. The van der Waals surface area contributed by atoms with Crippen molar-refractivity contribution in [2.45, 2.75) is 12.5 Å². The van der Waals surface area contributed by atoms with Crippen LogP contribution < -0.4 is 10.6 Å². The second-order valence-electron chi connectivity index (χ2n) is 4.36. The zero-order valence-electron chi connectivity index (χ0n) is 10.2.